The minimum atomic E-state index is -1.28. The minimum absolute atomic E-state index is 1.28. The molecule has 0 aromatic rings. The van der Waals surface area contributed by atoms with Crippen LogP contribution in [0.4, 0.5) is 0 Å². The Bertz CT molecular complexity index is 68.0. The number of hydrogen-bond donors (Lipinski definition) is 0. The molecule has 0 aromatic carbocycles. The zero-order valence-corrected chi connectivity index (χ0v) is 11.0. The van der Waals surface area contributed by atoms with Crippen molar-refractivity contribution in [2.45, 2.75) is 48.4 Å². The molecule has 0 unspecified atom stereocenters. The molecule has 0 amide bonds. The van der Waals surface area contributed by atoms with E-state index in [1.165, 1.54) is 34.6 Å². The second kappa shape index (κ2) is 8.85. The van der Waals surface area contributed by atoms with Crippen LogP contribution in [0.3, 0.4) is 0 Å². The van der Waals surface area contributed by atoms with E-state index >= 15 is 0 Å². The first-order chi connectivity index (χ1) is 5.35. The summed E-state index contributed by atoms with van der Waals surface area (Å²) in [5.74, 6) is 0. The van der Waals surface area contributed by atoms with Gasteiger partial charge in [-0.1, -0.05) is 0 Å². The Morgan fingerprint density at radius 2 is 1.45 bits per heavy atom. The van der Waals surface area contributed by atoms with Gasteiger partial charge in [0.2, 0.25) is 0 Å². The summed E-state index contributed by atoms with van der Waals surface area (Å²) in [6, 6.07) is 0. The van der Waals surface area contributed by atoms with E-state index in [1.807, 2.05) is 7.11 Å². The van der Waals surface area contributed by atoms with E-state index in [0.717, 1.165) is 0 Å². The van der Waals surface area contributed by atoms with Crippen LogP contribution >= 0.6 is 0 Å². The summed E-state index contributed by atoms with van der Waals surface area (Å²) in [4.78, 5) is 0. The number of rotatable bonds is 7. The van der Waals surface area contributed by atoms with E-state index < -0.39 is 20.2 Å². The summed E-state index contributed by atoms with van der Waals surface area (Å²) < 4.78 is 8.43. The molecule has 0 aromatic heterocycles. The molecule has 66 valence electrons. The molecule has 0 fully saturated rings. The van der Waals surface area contributed by atoms with Crippen LogP contribution < -0.4 is 0 Å². The fourth-order valence-electron chi connectivity index (χ4n) is 1.08. The van der Waals surface area contributed by atoms with Crippen LogP contribution in [0.5, 0.6) is 0 Å². The summed E-state index contributed by atoms with van der Waals surface area (Å²) >= 11 is -1.28. The molecule has 11 heavy (non-hydrogen) atoms. The standard InChI is InChI=1S/2C4H9.CH3O.Sn/c2*1-3-4-2;1-2;/h2*1,3-4H2,2H3;1H3;/q;;-1;+2. The zero-order valence-electron chi connectivity index (χ0n) is 8.15. The summed E-state index contributed by atoms with van der Waals surface area (Å²) in [6.45, 7) is 4.52. The predicted molar refractivity (Wildman–Crippen MR) is 52.2 cm³/mol. The Kier molecular flexibility index (Phi) is 9.46. The van der Waals surface area contributed by atoms with Crippen molar-refractivity contribution in [3.05, 3.63) is 0 Å². The van der Waals surface area contributed by atoms with Crippen LogP contribution in [-0.2, 0) is 3.07 Å². The van der Waals surface area contributed by atoms with Crippen molar-refractivity contribution < 1.29 is 3.07 Å². The zero-order chi connectivity index (χ0) is 8.53. The molecule has 0 aliphatic carbocycles. The maximum absolute atomic E-state index is 5.55. The first-order valence-corrected chi connectivity index (χ1v) is 9.94. The molecule has 0 heterocycles. The monoisotopic (exact) mass is 265 g/mol. The SMILES string of the molecule is CCC[CH2][Sn+]([CH2]CCC)[O]C. The van der Waals surface area contributed by atoms with Gasteiger partial charge in [0.15, 0.2) is 0 Å². The van der Waals surface area contributed by atoms with E-state index in [4.69, 9.17) is 3.07 Å². The molecule has 0 N–H and O–H groups in total. The molecule has 0 spiro atoms. The molecular weight excluding hydrogens is 243 g/mol. The second-order valence-corrected chi connectivity index (χ2v) is 10.0. The molecule has 0 aliphatic rings. The van der Waals surface area contributed by atoms with Crippen molar-refractivity contribution in [2.24, 2.45) is 0 Å². The van der Waals surface area contributed by atoms with Gasteiger partial charge in [0.1, 0.15) is 0 Å². The summed E-state index contributed by atoms with van der Waals surface area (Å²) in [5.41, 5.74) is 0. The summed E-state index contributed by atoms with van der Waals surface area (Å²) in [5, 5.41) is 0. The van der Waals surface area contributed by atoms with E-state index in [1.54, 1.807) is 0 Å². The number of hydrogen-bond acceptors (Lipinski definition) is 1. The van der Waals surface area contributed by atoms with Gasteiger partial charge in [0, 0.05) is 0 Å². The van der Waals surface area contributed by atoms with Gasteiger partial charge in [-0.25, -0.2) is 0 Å². The molecule has 0 saturated carbocycles. The van der Waals surface area contributed by atoms with Crippen LogP contribution in [0.1, 0.15) is 39.5 Å². The van der Waals surface area contributed by atoms with Gasteiger partial charge in [0.05, 0.1) is 0 Å². The summed E-state index contributed by atoms with van der Waals surface area (Å²) in [6.07, 6.45) is 5.46. The van der Waals surface area contributed by atoms with Crippen molar-refractivity contribution in [2.75, 3.05) is 7.11 Å². The molecule has 0 bridgehead atoms. The van der Waals surface area contributed by atoms with E-state index in [0.29, 0.717) is 0 Å². The quantitative estimate of drug-likeness (QED) is 0.641. The van der Waals surface area contributed by atoms with E-state index in [-0.39, 0.29) is 0 Å². The molecular formula is C9H21OSn+. The van der Waals surface area contributed by atoms with Crippen LogP contribution in [0.2, 0.25) is 8.87 Å². The van der Waals surface area contributed by atoms with Crippen LogP contribution in [0.25, 0.3) is 0 Å². The Labute approximate surface area is 78.8 Å². The topological polar surface area (TPSA) is 9.23 Å². The van der Waals surface area contributed by atoms with E-state index in [9.17, 15) is 0 Å². The van der Waals surface area contributed by atoms with Crippen molar-refractivity contribution in [3.8, 4) is 0 Å². The summed E-state index contributed by atoms with van der Waals surface area (Å²) in [7, 11) is 1.92. The first kappa shape index (κ1) is 11.8. The van der Waals surface area contributed by atoms with Crippen LogP contribution in [0.15, 0.2) is 0 Å². The predicted octanol–water partition coefficient (Wildman–Crippen LogP) is 3.22. The Morgan fingerprint density at radius 1 is 1.00 bits per heavy atom. The Hall–Kier alpha value is 0.759. The number of unbranched alkanes of at least 4 members (excludes halogenated alkanes) is 2. The second-order valence-electron chi connectivity index (χ2n) is 2.95. The van der Waals surface area contributed by atoms with Gasteiger partial charge in [-0.3, -0.25) is 0 Å². The van der Waals surface area contributed by atoms with Crippen molar-refractivity contribution in [1.82, 2.24) is 0 Å². The molecule has 1 nitrogen and oxygen atoms in total. The fourth-order valence-corrected chi connectivity index (χ4v) is 7.22. The maximum atomic E-state index is 5.55. The molecule has 2 heteroatoms. The van der Waals surface area contributed by atoms with Gasteiger partial charge in [-0.15, -0.1) is 0 Å². The Morgan fingerprint density at radius 3 is 1.73 bits per heavy atom. The van der Waals surface area contributed by atoms with Crippen molar-refractivity contribution >= 4 is 20.2 Å². The van der Waals surface area contributed by atoms with Gasteiger partial charge in [-0.2, -0.15) is 0 Å². The molecule has 0 radical (unpaired) electrons. The molecule has 0 rings (SSSR count). The van der Waals surface area contributed by atoms with Gasteiger partial charge >= 0.3 is 78.8 Å². The fraction of sp³-hybridized carbons (Fsp3) is 1.00. The average Bonchev–Trinajstić information content (AvgIpc) is 2.05. The first-order valence-electron chi connectivity index (χ1n) is 4.73. The average molecular weight is 264 g/mol. The van der Waals surface area contributed by atoms with Crippen molar-refractivity contribution in [1.29, 1.82) is 0 Å². The van der Waals surface area contributed by atoms with Crippen LogP contribution in [-0.4, -0.2) is 27.3 Å². The van der Waals surface area contributed by atoms with Gasteiger partial charge in [-0.05, 0) is 0 Å². The third-order valence-electron chi connectivity index (χ3n) is 1.91. The Balaban J connectivity index is 3.25. The normalized spacial score (nSPS) is 10.1. The van der Waals surface area contributed by atoms with E-state index in [2.05, 4.69) is 13.8 Å². The third-order valence-corrected chi connectivity index (χ3v) is 8.76. The molecule has 0 saturated heterocycles. The molecule has 0 atom stereocenters. The van der Waals surface area contributed by atoms with Gasteiger partial charge in [0.25, 0.3) is 0 Å². The molecule has 0 aliphatic heterocycles. The van der Waals surface area contributed by atoms with Gasteiger partial charge < -0.3 is 0 Å². The van der Waals surface area contributed by atoms with Crippen LogP contribution in [0, 0.1) is 0 Å². The third kappa shape index (κ3) is 7.13. The van der Waals surface area contributed by atoms with Crippen molar-refractivity contribution in [3.63, 3.8) is 0 Å².